The number of rotatable bonds is 8. The number of hydrogen-bond acceptors (Lipinski definition) is 4. The Morgan fingerprint density at radius 2 is 1.92 bits per heavy atom. The molecule has 3 rings (SSSR count). The lowest BCUT2D eigenvalue weighted by Crippen LogP contribution is -2.24. The van der Waals surface area contributed by atoms with Crippen molar-refractivity contribution in [2.45, 2.75) is 13.2 Å². The maximum absolute atomic E-state index is 6.08. The van der Waals surface area contributed by atoms with Gasteiger partial charge < -0.3 is 9.64 Å². The summed E-state index contributed by atoms with van der Waals surface area (Å²) in [6.45, 7) is 5.70. The van der Waals surface area contributed by atoms with Crippen molar-refractivity contribution in [3.8, 4) is 5.75 Å². The van der Waals surface area contributed by atoms with E-state index in [1.54, 1.807) is 6.20 Å². The van der Waals surface area contributed by atoms with Crippen molar-refractivity contribution >= 4 is 21.7 Å². The largest absolute Gasteiger partial charge is 0.489 e. The highest BCUT2D eigenvalue weighted by Gasteiger charge is 2.12. The average Bonchev–Trinajstić information content (AvgIpc) is 2.68. The quantitative estimate of drug-likeness (QED) is 0.490. The maximum Gasteiger partial charge on any atom is 0.151 e. The third-order valence-electron chi connectivity index (χ3n) is 3.85. The van der Waals surface area contributed by atoms with Crippen LogP contribution in [0.1, 0.15) is 11.1 Å². The Morgan fingerprint density at radius 1 is 1.08 bits per heavy atom. The molecule has 0 spiro atoms. The number of halogens is 1. The fourth-order valence-electron chi connectivity index (χ4n) is 2.61. The van der Waals surface area contributed by atoms with Crippen molar-refractivity contribution in [3.63, 3.8) is 0 Å². The molecule has 0 N–H and O–H groups in total. The van der Waals surface area contributed by atoms with Gasteiger partial charge >= 0.3 is 0 Å². The molecule has 5 heteroatoms. The van der Waals surface area contributed by atoms with Crippen LogP contribution in [0.5, 0.6) is 5.75 Å². The van der Waals surface area contributed by atoms with E-state index >= 15 is 0 Å². The van der Waals surface area contributed by atoms with Gasteiger partial charge in [0.25, 0.3) is 0 Å². The Bertz CT molecular complexity index is 840. The first-order valence-electron chi connectivity index (χ1n) is 8.35. The van der Waals surface area contributed by atoms with Crippen molar-refractivity contribution in [1.29, 1.82) is 0 Å². The van der Waals surface area contributed by atoms with Crippen LogP contribution >= 0.6 is 15.9 Å². The highest BCUT2D eigenvalue weighted by Crippen LogP contribution is 2.27. The molecule has 2 aromatic carbocycles. The normalized spacial score (nSPS) is 10.3. The van der Waals surface area contributed by atoms with E-state index in [2.05, 4.69) is 55.8 Å². The van der Waals surface area contributed by atoms with Crippen molar-refractivity contribution in [2.75, 3.05) is 11.4 Å². The summed E-state index contributed by atoms with van der Waals surface area (Å²) in [6.07, 6.45) is 3.53. The van der Waals surface area contributed by atoms with Gasteiger partial charge in [0, 0.05) is 29.3 Å². The van der Waals surface area contributed by atoms with Crippen LogP contribution in [0.4, 0.5) is 5.82 Å². The fraction of sp³-hybridized carbons (Fsp3) is 0.143. The van der Waals surface area contributed by atoms with Gasteiger partial charge in [0.1, 0.15) is 12.4 Å². The van der Waals surface area contributed by atoms with Crippen molar-refractivity contribution in [3.05, 3.63) is 95.1 Å². The van der Waals surface area contributed by atoms with Gasteiger partial charge in [0.2, 0.25) is 0 Å². The molecule has 0 aliphatic heterocycles. The zero-order chi connectivity index (χ0) is 18.2. The molecule has 0 fully saturated rings. The third kappa shape index (κ3) is 4.92. The zero-order valence-electron chi connectivity index (χ0n) is 14.4. The summed E-state index contributed by atoms with van der Waals surface area (Å²) in [5.74, 6) is 1.66. The Balaban J connectivity index is 1.81. The number of aromatic nitrogens is 2. The van der Waals surface area contributed by atoms with Crippen molar-refractivity contribution in [2.24, 2.45) is 0 Å². The molecule has 0 amide bonds. The maximum atomic E-state index is 6.08. The highest BCUT2D eigenvalue weighted by molar-refractivity contribution is 9.10. The smallest absolute Gasteiger partial charge is 0.151 e. The SMILES string of the molecule is C=CCN(Cc1cc(Br)ccc1OCc1ccccc1)c1cccnn1. The molecule has 132 valence electrons. The lowest BCUT2D eigenvalue weighted by atomic mass is 10.1. The molecule has 0 aliphatic carbocycles. The topological polar surface area (TPSA) is 38.2 Å². The summed E-state index contributed by atoms with van der Waals surface area (Å²) in [5.41, 5.74) is 2.21. The minimum absolute atomic E-state index is 0.530. The second-order valence-corrected chi connectivity index (χ2v) is 6.69. The van der Waals surface area contributed by atoms with Gasteiger partial charge in [-0.3, -0.25) is 0 Å². The molecule has 26 heavy (non-hydrogen) atoms. The lowest BCUT2D eigenvalue weighted by Gasteiger charge is -2.23. The first-order valence-corrected chi connectivity index (χ1v) is 9.14. The Labute approximate surface area is 162 Å². The standard InChI is InChI=1S/C21H20BrN3O/c1-2-13-25(21-9-6-12-23-24-21)15-18-14-19(22)10-11-20(18)26-16-17-7-4-3-5-8-17/h2-12,14H,1,13,15-16H2. The van der Waals surface area contributed by atoms with Crippen LogP contribution in [0.3, 0.4) is 0 Å². The summed E-state index contributed by atoms with van der Waals surface area (Å²) >= 11 is 3.56. The van der Waals surface area contributed by atoms with Gasteiger partial charge in [0.05, 0.1) is 0 Å². The zero-order valence-corrected chi connectivity index (χ0v) is 16.0. The summed E-state index contributed by atoms with van der Waals surface area (Å²) in [5, 5.41) is 8.19. The van der Waals surface area contributed by atoms with E-state index in [-0.39, 0.29) is 0 Å². The van der Waals surface area contributed by atoms with Crippen LogP contribution in [0.2, 0.25) is 0 Å². The first-order chi connectivity index (χ1) is 12.8. The van der Waals surface area contributed by atoms with Crippen LogP contribution in [0.25, 0.3) is 0 Å². The van der Waals surface area contributed by atoms with Crippen LogP contribution in [0, 0.1) is 0 Å². The predicted octanol–water partition coefficient (Wildman–Crippen LogP) is 5.01. The van der Waals surface area contributed by atoms with E-state index < -0.39 is 0 Å². The monoisotopic (exact) mass is 409 g/mol. The molecule has 0 atom stereocenters. The number of anilines is 1. The van der Waals surface area contributed by atoms with E-state index in [1.165, 1.54) is 0 Å². The second kappa shape index (κ2) is 9.15. The highest BCUT2D eigenvalue weighted by atomic mass is 79.9. The van der Waals surface area contributed by atoms with Gasteiger partial charge in [-0.15, -0.1) is 11.7 Å². The second-order valence-electron chi connectivity index (χ2n) is 5.78. The van der Waals surface area contributed by atoms with E-state index in [4.69, 9.17) is 4.74 Å². The molecule has 1 heterocycles. The molecule has 0 bridgehead atoms. The van der Waals surface area contributed by atoms with E-state index in [0.717, 1.165) is 27.2 Å². The van der Waals surface area contributed by atoms with E-state index in [0.29, 0.717) is 19.7 Å². The van der Waals surface area contributed by atoms with Crippen LogP contribution in [-0.2, 0) is 13.2 Å². The Morgan fingerprint density at radius 3 is 2.65 bits per heavy atom. The summed E-state index contributed by atoms with van der Waals surface area (Å²) < 4.78 is 7.10. The molecule has 4 nitrogen and oxygen atoms in total. The molecule has 3 aromatic rings. The van der Waals surface area contributed by atoms with Crippen molar-refractivity contribution < 1.29 is 4.74 Å². The van der Waals surface area contributed by atoms with Gasteiger partial charge in [-0.2, -0.15) is 5.10 Å². The molecule has 0 saturated carbocycles. The summed E-state index contributed by atoms with van der Waals surface area (Å²) in [4.78, 5) is 2.11. The van der Waals surface area contributed by atoms with Crippen LogP contribution in [0.15, 0.2) is 84.0 Å². The molecular formula is C21H20BrN3O. The first kappa shape index (κ1) is 18.1. The van der Waals surface area contributed by atoms with Crippen LogP contribution in [-0.4, -0.2) is 16.7 Å². The van der Waals surface area contributed by atoms with E-state index in [1.807, 2.05) is 48.5 Å². The third-order valence-corrected chi connectivity index (χ3v) is 4.35. The van der Waals surface area contributed by atoms with Crippen molar-refractivity contribution in [1.82, 2.24) is 10.2 Å². The predicted molar refractivity (Wildman–Crippen MR) is 108 cm³/mol. The van der Waals surface area contributed by atoms with E-state index in [9.17, 15) is 0 Å². The van der Waals surface area contributed by atoms with Gasteiger partial charge in [-0.05, 0) is 35.9 Å². The Hall–Kier alpha value is -2.66. The Kier molecular flexibility index (Phi) is 6.39. The molecule has 0 unspecified atom stereocenters. The molecule has 0 saturated heterocycles. The average molecular weight is 410 g/mol. The van der Waals surface area contributed by atoms with Gasteiger partial charge in [0.15, 0.2) is 5.82 Å². The number of ether oxygens (including phenoxy) is 1. The molecule has 0 aliphatic rings. The van der Waals surface area contributed by atoms with Gasteiger partial charge in [-0.25, -0.2) is 0 Å². The number of nitrogens with zero attached hydrogens (tertiary/aromatic N) is 3. The van der Waals surface area contributed by atoms with Crippen LogP contribution < -0.4 is 9.64 Å². The molecule has 1 aromatic heterocycles. The minimum atomic E-state index is 0.530. The van der Waals surface area contributed by atoms with Gasteiger partial charge in [-0.1, -0.05) is 52.3 Å². The fourth-order valence-corrected chi connectivity index (χ4v) is 3.02. The molecule has 0 radical (unpaired) electrons. The lowest BCUT2D eigenvalue weighted by molar-refractivity contribution is 0.302. The number of hydrogen-bond donors (Lipinski definition) is 0. The summed E-state index contributed by atoms with van der Waals surface area (Å²) in [7, 11) is 0. The minimum Gasteiger partial charge on any atom is -0.489 e. The molecular weight excluding hydrogens is 390 g/mol. The number of benzene rings is 2. The summed E-state index contributed by atoms with van der Waals surface area (Å²) in [6, 6.07) is 20.0.